The van der Waals surface area contributed by atoms with Crippen molar-refractivity contribution in [3.8, 4) is 0 Å². The zero-order valence-electron chi connectivity index (χ0n) is 12.3. The van der Waals surface area contributed by atoms with Crippen molar-refractivity contribution in [2.75, 3.05) is 0 Å². The van der Waals surface area contributed by atoms with Crippen molar-refractivity contribution in [1.29, 1.82) is 0 Å². The number of para-hydroxylation sites is 1. The number of hydrogen-bond donors (Lipinski definition) is 1. The molecule has 0 fully saturated rings. The SMILES string of the molecule is C[C@@H](C(=O)N/N=C\c1cccc(Br)c1)n1nnc2ccccc21. The van der Waals surface area contributed by atoms with Gasteiger partial charge in [-0.15, -0.1) is 5.10 Å². The van der Waals surface area contributed by atoms with Crippen LogP contribution in [-0.2, 0) is 4.79 Å². The van der Waals surface area contributed by atoms with Gasteiger partial charge in [-0.1, -0.05) is 45.4 Å². The molecule has 3 aromatic rings. The van der Waals surface area contributed by atoms with Crippen LogP contribution in [0.2, 0.25) is 0 Å². The average molecular weight is 372 g/mol. The number of hydrogen-bond acceptors (Lipinski definition) is 4. The van der Waals surface area contributed by atoms with E-state index in [9.17, 15) is 4.79 Å². The third-order valence-electron chi connectivity index (χ3n) is 3.36. The first-order chi connectivity index (χ1) is 11.1. The van der Waals surface area contributed by atoms with Gasteiger partial charge in [0.1, 0.15) is 11.6 Å². The predicted molar refractivity (Wildman–Crippen MR) is 92.1 cm³/mol. The Balaban J connectivity index is 1.70. The third-order valence-corrected chi connectivity index (χ3v) is 3.85. The van der Waals surface area contributed by atoms with E-state index in [1.165, 1.54) is 0 Å². The van der Waals surface area contributed by atoms with Gasteiger partial charge >= 0.3 is 0 Å². The molecule has 0 aliphatic heterocycles. The summed E-state index contributed by atoms with van der Waals surface area (Å²) in [5.41, 5.74) is 4.98. The molecule has 1 aromatic heterocycles. The Labute approximate surface area is 141 Å². The smallest absolute Gasteiger partial charge is 0.264 e. The maximum absolute atomic E-state index is 12.2. The quantitative estimate of drug-likeness (QED) is 0.566. The maximum atomic E-state index is 12.2. The van der Waals surface area contributed by atoms with Crippen molar-refractivity contribution >= 4 is 39.1 Å². The summed E-state index contributed by atoms with van der Waals surface area (Å²) in [6, 6.07) is 14.6. The molecule has 0 aliphatic carbocycles. The minimum Gasteiger partial charge on any atom is -0.271 e. The summed E-state index contributed by atoms with van der Waals surface area (Å²) in [6.07, 6.45) is 1.59. The Morgan fingerprint density at radius 3 is 2.96 bits per heavy atom. The van der Waals surface area contributed by atoms with Crippen molar-refractivity contribution in [3.63, 3.8) is 0 Å². The van der Waals surface area contributed by atoms with Crippen LogP contribution < -0.4 is 5.43 Å². The third kappa shape index (κ3) is 3.45. The highest BCUT2D eigenvalue weighted by atomic mass is 79.9. The van der Waals surface area contributed by atoms with Crippen LogP contribution in [0.4, 0.5) is 0 Å². The first-order valence-corrected chi connectivity index (χ1v) is 7.83. The molecule has 0 unspecified atom stereocenters. The fourth-order valence-corrected chi connectivity index (χ4v) is 2.55. The normalized spacial score (nSPS) is 12.6. The van der Waals surface area contributed by atoms with Crippen LogP contribution >= 0.6 is 15.9 Å². The van der Waals surface area contributed by atoms with E-state index in [2.05, 4.69) is 36.8 Å². The van der Waals surface area contributed by atoms with Crippen molar-refractivity contribution in [1.82, 2.24) is 20.4 Å². The topological polar surface area (TPSA) is 72.2 Å². The zero-order chi connectivity index (χ0) is 16.2. The Morgan fingerprint density at radius 2 is 2.13 bits per heavy atom. The van der Waals surface area contributed by atoms with E-state index >= 15 is 0 Å². The molecule has 6 nitrogen and oxygen atoms in total. The van der Waals surface area contributed by atoms with Crippen molar-refractivity contribution < 1.29 is 4.79 Å². The second kappa shape index (κ2) is 6.70. The van der Waals surface area contributed by atoms with Crippen LogP contribution in [0.25, 0.3) is 11.0 Å². The lowest BCUT2D eigenvalue weighted by atomic mass is 10.2. The summed E-state index contributed by atoms with van der Waals surface area (Å²) in [6.45, 7) is 1.76. The molecular weight excluding hydrogens is 358 g/mol. The number of rotatable bonds is 4. The van der Waals surface area contributed by atoms with Gasteiger partial charge in [-0.2, -0.15) is 5.10 Å². The molecule has 0 saturated carbocycles. The van der Waals surface area contributed by atoms with Crippen LogP contribution in [-0.4, -0.2) is 27.1 Å². The molecule has 1 N–H and O–H groups in total. The van der Waals surface area contributed by atoms with Gasteiger partial charge in [-0.3, -0.25) is 4.79 Å². The number of carbonyl (C=O) groups excluding carboxylic acids is 1. The van der Waals surface area contributed by atoms with Crippen LogP contribution in [0.3, 0.4) is 0 Å². The molecule has 7 heteroatoms. The summed E-state index contributed by atoms with van der Waals surface area (Å²) in [5, 5.41) is 12.1. The number of carbonyl (C=O) groups is 1. The first-order valence-electron chi connectivity index (χ1n) is 7.03. The number of fused-ring (bicyclic) bond motifs is 1. The van der Waals surface area contributed by atoms with Gasteiger partial charge in [0, 0.05) is 4.47 Å². The van der Waals surface area contributed by atoms with Gasteiger partial charge in [0.15, 0.2) is 0 Å². The lowest BCUT2D eigenvalue weighted by molar-refractivity contribution is -0.124. The number of nitrogens with zero attached hydrogens (tertiary/aromatic N) is 4. The Bertz CT molecular complexity index is 874. The highest BCUT2D eigenvalue weighted by molar-refractivity contribution is 9.10. The van der Waals surface area contributed by atoms with Crippen molar-refractivity contribution in [2.24, 2.45) is 5.10 Å². The molecule has 23 heavy (non-hydrogen) atoms. The lowest BCUT2D eigenvalue weighted by Crippen LogP contribution is -2.28. The predicted octanol–water partition coefficient (Wildman–Crippen LogP) is 2.91. The molecule has 1 atom stereocenters. The molecule has 3 rings (SSSR count). The van der Waals surface area contributed by atoms with Gasteiger partial charge < -0.3 is 0 Å². The summed E-state index contributed by atoms with van der Waals surface area (Å²) in [4.78, 5) is 12.2. The number of nitrogens with one attached hydrogen (secondary N) is 1. The Morgan fingerprint density at radius 1 is 1.30 bits per heavy atom. The summed E-state index contributed by atoms with van der Waals surface area (Å²) < 4.78 is 2.54. The molecule has 0 radical (unpaired) electrons. The molecule has 0 spiro atoms. The van der Waals surface area contributed by atoms with E-state index in [-0.39, 0.29) is 5.91 Å². The maximum Gasteiger partial charge on any atom is 0.264 e. The number of halogens is 1. The van der Waals surface area contributed by atoms with E-state index in [0.29, 0.717) is 0 Å². The monoisotopic (exact) mass is 371 g/mol. The Hall–Kier alpha value is -2.54. The van der Waals surface area contributed by atoms with E-state index in [1.807, 2.05) is 48.5 Å². The highest BCUT2D eigenvalue weighted by Crippen LogP contribution is 2.15. The van der Waals surface area contributed by atoms with Gasteiger partial charge in [-0.05, 0) is 36.8 Å². The van der Waals surface area contributed by atoms with Gasteiger partial charge in [0.2, 0.25) is 0 Å². The van der Waals surface area contributed by atoms with Crippen LogP contribution in [0.5, 0.6) is 0 Å². The zero-order valence-corrected chi connectivity index (χ0v) is 13.9. The Kier molecular flexibility index (Phi) is 4.47. The largest absolute Gasteiger partial charge is 0.271 e. The molecule has 0 bridgehead atoms. The second-order valence-corrected chi connectivity index (χ2v) is 5.90. The van der Waals surface area contributed by atoms with E-state index in [4.69, 9.17) is 0 Å². The summed E-state index contributed by atoms with van der Waals surface area (Å²) >= 11 is 3.39. The number of aromatic nitrogens is 3. The molecule has 2 aromatic carbocycles. The fraction of sp³-hybridized carbons (Fsp3) is 0.125. The van der Waals surface area contributed by atoms with Gasteiger partial charge in [0.25, 0.3) is 5.91 Å². The van der Waals surface area contributed by atoms with Crippen molar-refractivity contribution in [2.45, 2.75) is 13.0 Å². The van der Waals surface area contributed by atoms with Gasteiger partial charge in [0.05, 0.1) is 11.7 Å². The molecule has 1 amide bonds. The standard InChI is InChI=1S/C16H14BrN5O/c1-11(22-15-8-3-2-7-14(15)19-21-22)16(23)20-18-10-12-5-4-6-13(17)9-12/h2-11H,1H3,(H,20,23)/b18-10-/t11-/m0/s1. The first kappa shape index (κ1) is 15.4. The molecule has 0 aliphatic rings. The number of amides is 1. The van der Waals surface area contributed by atoms with Gasteiger partial charge in [-0.25, -0.2) is 10.1 Å². The highest BCUT2D eigenvalue weighted by Gasteiger charge is 2.17. The lowest BCUT2D eigenvalue weighted by Gasteiger charge is -2.10. The molecular formula is C16H14BrN5O. The summed E-state index contributed by atoms with van der Waals surface area (Å²) in [7, 11) is 0. The number of hydrazone groups is 1. The van der Waals surface area contributed by atoms with E-state index in [0.717, 1.165) is 21.1 Å². The second-order valence-electron chi connectivity index (χ2n) is 4.99. The minimum atomic E-state index is -0.512. The van der Waals surface area contributed by atoms with Crippen LogP contribution in [0.15, 0.2) is 58.1 Å². The van der Waals surface area contributed by atoms with Crippen molar-refractivity contribution in [3.05, 3.63) is 58.6 Å². The molecule has 116 valence electrons. The van der Waals surface area contributed by atoms with E-state index < -0.39 is 6.04 Å². The fourth-order valence-electron chi connectivity index (χ4n) is 2.13. The van der Waals surface area contributed by atoms with E-state index in [1.54, 1.807) is 17.8 Å². The number of benzene rings is 2. The molecule has 1 heterocycles. The summed E-state index contributed by atoms with van der Waals surface area (Å²) in [5.74, 6) is -0.258. The minimum absolute atomic E-state index is 0.258. The average Bonchev–Trinajstić information content (AvgIpc) is 2.98. The van der Waals surface area contributed by atoms with Crippen LogP contribution in [0.1, 0.15) is 18.5 Å². The molecule has 0 saturated heterocycles. The van der Waals surface area contributed by atoms with Crippen LogP contribution in [0, 0.1) is 0 Å².